The average molecular weight is 1740 g/mol. The highest BCUT2D eigenvalue weighted by Crippen LogP contribution is 2.27. The molecule has 1 aliphatic rings. The molecule has 0 bridgehead atoms. The Balaban J connectivity index is 1.91. The molecule has 10 amide bonds. The third-order valence-electron chi connectivity index (χ3n) is 19.3. The number of rotatable bonds is 40. The van der Waals surface area contributed by atoms with E-state index in [9.17, 15) is 106 Å². The molecule has 0 spiro atoms. The molecule has 2 heterocycles. The lowest BCUT2D eigenvalue weighted by Gasteiger charge is -2.29. The van der Waals surface area contributed by atoms with Gasteiger partial charge < -0.3 is 104 Å². The number of unbranched alkanes of at least 4 members (excludes halogenated alkanes) is 6. The summed E-state index contributed by atoms with van der Waals surface area (Å²) in [4.78, 5) is 265. The Kier molecular flexibility index (Phi) is 43.2. The normalized spacial score (nSPS) is 21.0. The van der Waals surface area contributed by atoms with E-state index < -0.39 is 262 Å². The van der Waals surface area contributed by atoms with Crippen LogP contribution < -0.4 is 70.0 Å². The quantitative estimate of drug-likeness (QED) is 0.0115. The molecule has 1 fully saturated rings. The number of ketones is 4. The number of halogens is 2. The molecule has 19 N–H and O–H groups in total. The third-order valence-corrected chi connectivity index (χ3v) is 19.8. The SMILES string of the molecule is C=C1NCC(=O)N[C@H](CO)C(=O)C[C@@H]([C@H](C)CC(=O)O)C(=O)N[C@@H](CC(=O)c2cc(Br)ccc2NCC)C(=O)O[C@H](C)[C@H](NC(=O)[C@H](CC(=O)O)CC(=O)[C@@H](CC(N)=O)NC(=O)[C@H](Cc2c[nH]c3ccc(F)cc23)NC(=O)CCCCCCCCC)C(=O)NCC(=O)N[C@@H](CCCN)C(=O)C[C@@H](COC=O)C(=O)N[C@H](C)C(=O)N[C@H]1COC=O. The van der Waals surface area contributed by atoms with Crippen molar-refractivity contribution in [3.63, 3.8) is 0 Å². The first-order valence-corrected chi connectivity index (χ1v) is 39.6. The number of fused-ring (bicyclic) bond motifs is 1. The largest absolute Gasteiger partial charge is 0.481 e. The number of esters is 1. The van der Waals surface area contributed by atoms with Crippen LogP contribution in [-0.4, -0.2) is 234 Å². The molecular formula is C78H108BrFN14O25. The summed E-state index contributed by atoms with van der Waals surface area (Å²) in [5.74, 6) is -28.3. The number of carboxylic acids is 2. The molecular weight excluding hydrogens is 1630 g/mol. The number of carbonyl (C=O) groups is 19. The lowest BCUT2D eigenvalue weighted by atomic mass is 9.84. The average Bonchev–Trinajstić information content (AvgIpc) is 1.64. The summed E-state index contributed by atoms with van der Waals surface area (Å²) in [6, 6.07) is -6.35. The number of aliphatic carboxylic acids is 2. The molecule has 3 aromatic rings. The maximum absolute atomic E-state index is 15.1. The van der Waals surface area contributed by atoms with Gasteiger partial charge in [0.15, 0.2) is 23.1 Å². The van der Waals surface area contributed by atoms with Crippen LogP contribution >= 0.6 is 15.9 Å². The van der Waals surface area contributed by atoms with E-state index in [1.165, 1.54) is 50.4 Å². The van der Waals surface area contributed by atoms with Crippen molar-refractivity contribution >= 4 is 146 Å². The van der Waals surface area contributed by atoms with Crippen LogP contribution in [0, 0.1) is 29.5 Å². The Morgan fingerprint density at radius 1 is 0.706 bits per heavy atom. The van der Waals surface area contributed by atoms with E-state index in [-0.39, 0.29) is 68.7 Å². The van der Waals surface area contributed by atoms with Gasteiger partial charge in [0.2, 0.25) is 59.1 Å². The maximum atomic E-state index is 15.1. The topological polar surface area (TPSA) is 613 Å². The minimum Gasteiger partial charge on any atom is -0.481 e. The fraction of sp³-hybridized carbons (Fsp3) is 0.551. The lowest BCUT2D eigenvalue weighted by molar-refractivity contribution is -0.156. The summed E-state index contributed by atoms with van der Waals surface area (Å²) < 4.78 is 30.5. The van der Waals surface area contributed by atoms with Gasteiger partial charge in [-0.05, 0) is 94.5 Å². The van der Waals surface area contributed by atoms with E-state index in [0.717, 1.165) is 39.0 Å². The molecule has 2 aromatic carbocycles. The van der Waals surface area contributed by atoms with Gasteiger partial charge in [-0.15, -0.1) is 0 Å². The molecule has 0 radical (unpaired) electrons. The van der Waals surface area contributed by atoms with Crippen LogP contribution in [0.15, 0.2) is 59.3 Å². The second-order valence-corrected chi connectivity index (χ2v) is 29.7. The van der Waals surface area contributed by atoms with Crippen LogP contribution in [-0.2, 0) is 107 Å². The van der Waals surface area contributed by atoms with E-state index in [2.05, 4.69) is 92.9 Å². The summed E-state index contributed by atoms with van der Waals surface area (Å²) in [5.41, 5.74) is 12.0. The smallest absolute Gasteiger partial charge is 0.329 e. The van der Waals surface area contributed by atoms with Crippen molar-refractivity contribution in [3.05, 3.63) is 76.3 Å². The van der Waals surface area contributed by atoms with Gasteiger partial charge in [0.1, 0.15) is 61.4 Å². The van der Waals surface area contributed by atoms with E-state index in [0.29, 0.717) is 33.8 Å². The van der Waals surface area contributed by atoms with Gasteiger partial charge in [0, 0.05) is 95.9 Å². The molecule has 119 heavy (non-hydrogen) atoms. The number of aliphatic hydroxyl groups excluding tert-OH is 1. The number of hydrogen-bond donors (Lipinski definition) is 17. The van der Waals surface area contributed by atoms with Crippen LogP contribution in [0.4, 0.5) is 10.1 Å². The second kappa shape index (κ2) is 51.6. The number of anilines is 1. The first kappa shape index (κ1) is 99.7. The molecule has 39 nitrogen and oxygen atoms in total. The van der Waals surface area contributed by atoms with E-state index in [1.54, 1.807) is 13.0 Å². The number of nitrogens with two attached hydrogens (primary N) is 2. The number of carbonyl (C=O) groups excluding carboxylic acids is 17. The number of aromatic amines is 1. The Morgan fingerprint density at radius 2 is 1.34 bits per heavy atom. The molecule has 0 aliphatic carbocycles. The van der Waals surface area contributed by atoms with Crippen LogP contribution in [0.5, 0.6) is 0 Å². The highest BCUT2D eigenvalue weighted by molar-refractivity contribution is 9.10. The lowest BCUT2D eigenvalue weighted by Crippen LogP contribution is -2.57. The van der Waals surface area contributed by atoms with E-state index in [4.69, 9.17) is 25.7 Å². The molecule has 1 aromatic heterocycles. The number of hydrogen-bond acceptors (Lipinski definition) is 26. The number of benzene rings is 2. The Bertz CT molecular complexity index is 4130. The van der Waals surface area contributed by atoms with Crippen molar-refractivity contribution < 1.29 is 125 Å². The van der Waals surface area contributed by atoms with Crippen molar-refractivity contribution in [1.29, 1.82) is 0 Å². The van der Waals surface area contributed by atoms with Crippen LogP contribution in [0.1, 0.15) is 160 Å². The predicted molar refractivity (Wildman–Crippen MR) is 425 cm³/mol. The number of primary amides is 1. The Labute approximate surface area is 693 Å². The third kappa shape index (κ3) is 34.5. The minimum atomic E-state index is -2.37. The molecule has 0 unspecified atom stereocenters. The minimum absolute atomic E-state index is 0.00245. The zero-order chi connectivity index (χ0) is 88.6. The molecule has 41 heteroatoms. The van der Waals surface area contributed by atoms with Crippen molar-refractivity contribution in [2.75, 3.05) is 51.3 Å². The highest BCUT2D eigenvalue weighted by Gasteiger charge is 2.41. The highest BCUT2D eigenvalue weighted by atomic mass is 79.9. The molecule has 1 aliphatic heterocycles. The molecule has 13 atom stereocenters. The zero-order valence-corrected chi connectivity index (χ0v) is 68.4. The maximum Gasteiger partial charge on any atom is 0.329 e. The fourth-order valence-electron chi connectivity index (χ4n) is 12.8. The molecule has 1 saturated heterocycles. The number of ether oxygens (including phenoxy) is 3. The molecule has 0 saturated carbocycles. The summed E-state index contributed by atoms with van der Waals surface area (Å²) >= 11 is 3.30. The monoisotopic (exact) mass is 1740 g/mol. The summed E-state index contributed by atoms with van der Waals surface area (Å²) in [5, 5.41) is 58.0. The van der Waals surface area contributed by atoms with Crippen molar-refractivity contribution in [3.8, 4) is 0 Å². The number of aliphatic hydroxyl groups is 1. The standard InChI is InChI=1S/C78H108BrFN14O25/c1-7-9-10-11-12-13-14-17-66(103)89-57(24-46-33-85-53-21-19-49(80)29-51(46)53)76(114)91-56(32-65(82)102)63(100)25-45(27-70(108)109)73(111)94-71-44(6)119-78(116)58(31-61(98)52-28-48(79)18-20-54(52)83-8-2)92-75(113)50(41(3)23-69(106)107)30-64(101)59(36-95)90-67(104)34-84-42(4)60(38-118-40-97)93-72(110)43(5)87-74(112)47(37-117-39-96)26-62(99)55(16-15-22-81)88-68(105)35-86-77(71)115/h18-21,28-29,33,39-41,43-45,47,50,55-60,71,83-85,95H,4,7-17,22-27,30-32,34-38,81H2,1-3,5-6H3,(H2,82,102)(H,86,115)(H,87,112)(H,88,105)(H,89,103)(H,90,104)(H,91,114)(H,92,113)(H,93,110)(H,94,111)(H,106,107)(H,108,109)/t41-,43-,44-,45+,47+,50+,55+,56-,57+,58+,59-,60+,71+/m1/s1. The van der Waals surface area contributed by atoms with Gasteiger partial charge in [-0.3, -0.25) is 86.3 Å². The number of nitrogens with one attached hydrogen (secondary N) is 12. The van der Waals surface area contributed by atoms with Crippen molar-refractivity contribution in [1.82, 2.24) is 58.2 Å². The number of carboxylic acid groups (broad SMARTS) is 2. The van der Waals surface area contributed by atoms with Gasteiger partial charge in [0.25, 0.3) is 12.9 Å². The second-order valence-electron chi connectivity index (χ2n) is 28.8. The van der Waals surface area contributed by atoms with Crippen molar-refractivity contribution in [2.24, 2.45) is 35.1 Å². The number of cyclic esters (lactones) is 1. The number of amides is 10. The van der Waals surface area contributed by atoms with Gasteiger partial charge in [-0.1, -0.05) is 74.9 Å². The number of Topliss-reactive ketones (excluding diaryl/α,β-unsaturated/α-hetero) is 4. The molecule has 654 valence electrons. The summed E-state index contributed by atoms with van der Waals surface area (Å²) in [6.07, 6.45) is -2.69. The zero-order valence-electron chi connectivity index (χ0n) is 66.8. The summed E-state index contributed by atoms with van der Waals surface area (Å²) in [6.45, 7) is 6.38. The van der Waals surface area contributed by atoms with Crippen LogP contribution in [0.2, 0.25) is 0 Å². The number of aromatic nitrogens is 1. The van der Waals surface area contributed by atoms with Gasteiger partial charge >= 0.3 is 17.9 Å². The molecule has 4 rings (SSSR count). The van der Waals surface area contributed by atoms with Gasteiger partial charge in [-0.25, -0.2) is 9.18 Å². The van der Waals surface area contributed by atoms with E-state index >= 15 is 4.79 Å². The number of H-pyrrole nitrogens is 1. The van der Waals surface area contributed by atoms with Gasteiger partial charge in [0.05, 0.1) is 56.5 Å². The van der Waals surface area contributed by atoms with Crippen LogP contribution in [0.25, 0.3) is 10.9 Å². The summed E-state index contributed by atoms with van der Waals surface area (Å²) in [7, 11) is 0. The first-order chi connectivity index (χ1) is 56.5. The van der Waals surface area contributed by atoms with E-state index in [1.807, 2.05) is 0 Å². The first-order valence-electron chi connectivity index (χ1n) is 38.8. The van der Waals surface area contributed by atoms with Crippen molar-refractivity contribution in [2.45, 2.75) is 205 Å². The van der Waals surface area contributed by atoms with Gasteiger partial charge in [-0.2, -0.15) is 0 Å². The fourth-order valence-corrected chi connectivity index (χ4v) is 13.2. The Morgan fingerprint density at radius 3 is 1.98 bits per heavy atom. The Hall–Kier alpha value is -11.6. The predicted octanol–water partition coefficient (Wildman–Crippen LogP) is -0.215. The van der Waals surface area contributed by atoms with Crippen LogP contribution in [0.3, 0.4) is 0 Å².